The van der Waals surface area contributed by atoms with Crippen LogP contribution in [-0.4, -0.2) is 25.8 Å². The van der Waals surface area contributed by atoms with Gasteiger partial charge in [0.15, 0.2) is 5.82 Å². The zero-order valence-electron chi connectivity index (χ0n) is 12.1. The Morgan fingerprint density at radius 1 is 1.09 bits per heavy atom. The van der Waals surface area contributed by atoms with Crippen molar-refractivity contribution >= 4 is 5.91 Å². The smallest absolute Gasteiger partial charge is 0.264 e. The molecule has 0 spiro atoms. The maximum atomic E-state index is 12.1. The summed E-state index contributed by atoms with van der Waals surface area (Å²) in [5.41, 5.74) is 0.878. The van der Waals surface area contributed by atoms with Crippen molar-refractivity contribution in [3.05, 3.63) is 76.6 Å². The molecule has 0 aliphatic rings. The molecule has 0 saturated heterocycles. The maximum absolute atomic E-state index is 12.1. The molecule has 7 heteroatoms. The minimum Gasteiger partial charge on any atom is -0.348 e. The Morgan fingerprint density at radius 3 is 2.61 bits per heavy atom. The zero-order valence-corrected chi connectivity index (χ0v) is 12.1. The molecule has 0 aromatic carbocycles. The van der Waals surface area contributed by atoms with Crippen LogP contribution in [-0.2, 0) is 6.54 Å². The Balaban J connectivity index is 1.75. The molecule has 0 aliphatic carbocycles. The highest BCUT2D eigenvalue weighted by molar-refractivity contribution is 5.93. The molecule has 0 radical (unpaired) electrons. The van der Waals surface area contributed by atoms with Crippen molar-refractivity contribution < 1.29 is 4.79 Å². The zero-order chi connectivity index (χ0) is 16.1. The molecule has 23 heavy (non-hydrogen) atoms. The monoisotopic (exact) mass is 307 g/mol. The molecule has 3 aromatic rings. The molecule has 3 heterocycles. The van der Waals surface area contributed by atoms with Crippen LogP contribution < -0.4 is 10.9 Å². The predicted molar refractivity (Wildman–Crippen MR) is 83.5 cm³/mol. The lowest BCUT2D eigenvalue weighted by Crippen LogP contribution is -2.29. The molecule has 0 unspecified atom stereocenters. The summed E-state index contributed by atoms with van der Waals surface area (Å²) in [6, 6.07) is 8.85. The number of hydrogen-bond acceptors (Lipinski definition) is 5. The molecule has 114 valence electrons. The molecule has 2 N–H and O–H groups in total. The van der Waals surface area contributed by atoms with Crippen LogP contribution in [0.2, 0.25) is 0 Å². The Morgan fingerprint density at radius 2 is 1.91 bits per heavy atom. The van der Waals surface area contributed by atoms with E-state index in [0.29, 0.717) is 18.1 Å². The number of pyridine rings is 2. The van der Waals surface area contributed by atoms with Gasteiger partial charge in [0.1, 0.15) is 11.3 Å². The van der Waals surface area contributed by atoms with E-state index in [4.69, 9.17) is 0 Å². The highest BCUT2D eigenvalue weighted by atomic mass is 16.2. The first kappa shape index (κ1) is 14.6. The fourth-order valence-electron chi connectivity index (χ4n) is 1.97. The van der Waals surface area contributed by atoms with E-state index >= 15 is 0 Å². The highest BCUT2D eigenvalue weighted by Gasteiger charge is 2.12. The van der Waals surface area contributed by atoms with Gasteiger partial charge < -0.3 is 10.3 Å². The second kappa shape index (κ2) is 6.61. The quantitative estimate of drug-likeness (QED) is 0.753. The summed E-state index contributed by atoms with van der Waals surface area (Å²) >= 11 is 0. The summed E-state index contributed by atoms with van der Waals surface area (Å²) in [7, 11) is 0. The van der Waals surface area contributed by atoms with Crippen molar-refractivity contribution in [3.63, 3.8) is 0 Å². The second-order valence-electron chi connectivity index (χ2n) is 4.73. The van der Waals surface area contributed by atoms with Gasteiger partial charge >= 0.3 is 0 Å². The lowest BCUT2D eigenvalue weighted by molar-refractivity contribution is 0.0949. The van der Waals surface area contributed by atoms with E-state index in [-0.39, 0.29) is 5.56 Å². The summed E-state index contributed by atoms with van der Waals surface area (Å²) in [6.45, 7) is 0.308. The number of H-pyrrole nitrogens is 1. The fraction of sp³-hybridized carbons (Fsp3) is 0.0625. The molecule has 7 nitrogen and oxygen atoms in total. The van der Waals surface area contributed by atoms with E-state index in [9.17, 15) is 9.59 Å². The molecule has 3 aromatic heterocycles. The molecule has 0 saturated carbocycles. The average Bonchev–Trinajstić information content (AvgIpc) is 2.61. The van der Waals surface area contributed by atoms with E-state index in [1.54, 1.807) is 48.9 Å². The number of amides is 1. The van der Waals surface area contributed by atoms with Gasteiger partial charge in [0.2, 0.25) is 0 Å². The largest absolute Gasteiger partial charge is 0.348 e. The van der Waals surface area contributed by atoms with Gasteiger partial charge in [-0.25, -0.2) is 4.98 Å². The Labute approximate surface area is 131 Å². The highest BCUT2D eigenvalue weighted by Crippen LogP contribution is 2.08. The van der Waals surface area contributed by atoms with Gasteiger partial charge in [0, 0.05) is 31.3 Å². The minimum atomic E-state index is -0.507. The summed E-state index contributed by atoms with van der Waals surface area (Å²) in [5, 5.41) is 2.67. The molecular weight excluding hydrogens is 294 g/mol. The van der Waals surface area contributed by atoms with Gasteiger partial charge in [0.05, 0.1) is 0 Å². The number of nitrogens with zero attached hydrogens (tertiary/aromatic N) is 3. The fourth-order valence-corrected chi connectivity index (χ4v) is 1.97. The van der Waals surface area contributed by atoms with Crippen molar-refractivity contribution in [1.82, 2.24) is 25.3 Å². The second-order valence-corrected chi connectivity index (χ2v) is 4.73. The Hall–Kier alpha value is -3.35. The maximum Gasteiger partial charge on any atom is 0.264 e. The van der Waals surface area contributed by atoms with Crippen molar-refractivity contribution in [2.75, 3.05) is 0 Å². The third-order valence-corrected chi connectivity index (χ3v) is 3.15. The van der Waals surface area contributed by atoms with Gasteiger partial charge in [-0.05, 0) is 29.8 Å². The molecular formula is C16H13N5O2. The molecule has 0 bridgehead atoms. The van der Waals surface area contributed by atoms with Gasteiger partial charge in [-0.1, -0.05) is 6.07 Å². The SMILES string of the molecule is O=C(NCc1ccncc1)c1cnc(-c2ccccn2)[nH]c1=O. The van der Waals surface area contributed by atoms with Crippen LogP contribution in [0.25, 0.3) is 11.5 Å². The number of rotatable bonds is 4. The van der Waals surface area contributed by atoms with E-state index in [2.05, 4.69) is 25.3 Å². The standard InChI is InChI=1S/C16H13N5O2/c22-15(20-9-11-4-7-17-8-5-11)12-10-19-14(21-16(12)23)13-3-1-2-6-18-13/h1-8,10H,9H2,(H,20,22)(H,19,21,23). The van der Waals surface area contributed by atoms with Gasteiger partial charge in [-0.2, -0.15) is 0 Å². The van der Waals surface area contributed by atoms with Crippen LogP contribution in [0.4, 0.5) is 0 Å². The molecule has 3 rings (SSSR count). The number of carbonyl (C=O) groups is 1. The van der Waals surface area contributed by atoms with Crippen LogP contribution >= 0.6 is 0 Å². The Kier molecular flexibility index (Phi) is 4.19. The van der Waals surface area contributed by atoms with E-state index in [0.717, 1.165) is 5.56 Å². The number of aromatic nitrogens is 4. The van der Waals surface area contributed by atoms with Crippen molar-refractivity contribution in [2.24, 2.45) is 0 Å². The van der Waals surface area contributed by atoms with Crippen LogP contribution in [0.15, 0.2) is 59.9 Å². The molecule has 1 amide bonds. The molecule has 0 fully saturated rings. The van der Waals surface area contributed by atoms with Crippen molar-refractivity contribution in [1.29, 1.82) is 0 Å². The van der Waals surface area contributed by atoms with Gasteiger partial charge in [-0.3, -0.25) is 19.6 Å². The summed E-state index contributed by atoms with van der Waals surface area (Å²) in [6.07, 6.45) is 6.13. The lowest BCUT2D eigenvalue weighted by Gasteiger charge is -2.05. The van der Waals surface area contributed by atoms with E-state index < -0.39 is 11.5 Å². The van der Waals surface area contributed by atoms with E-state index in [1.807, 2.05) is 0 Å². The van der Waals surface area contributed by atoms with E-state index in [1.165, 1.54) is 6.20 Å². The lowest BCUT2D eigenvalue weighted by atomic mass is 10.2. The predicted octanol–water partition coefficient (Wildman–Crippen LogP) is 1.16. The van der Waals surface area contributed by atoms with Crippen LogP contribution in [0.5, 0.6) is 0 Å². The minimum absolute atomic E-state index is 0.0428. The van der Waals surface area contributed by atoms with Crippen LogP contribution in [0.3, 0.4) is 0 Å². The summed E-state index contributed by atoms with van der Waals surface area (Å²) in [5.74, 6) is -0.163. The van der Waals surface area contributed by atoms with Gasteiger partial charge in [-0.15, -0.1) is 0 Å². The first-order valence-corrected chi connectivity index (χ1v) is 6.92. The number of carbonyl (C=O) groups excluding carboxylic acids is 1. The van der Waals surface area contributed by atoms with Crippen LogP contribution in [0, 0.1) is 0 Å². The number of hydrogen-bond donors (Lipinski definition) is 2. The number of aromatic amines is 1. The Bertz CT molecular complexity index is 862. The average molecular weight is 307 g/mol. The normalized spacial score (nSPS) is 10.3. The van der Waals surface area contributed by atoms with Gasteiger partial charge in [0.25, 0.3) is 11.5 Å². The summed E-state index contributed by atoms with van der Waals surface area (Å²) in [4.78, 5) is 38.8. The first-order valence-electron chi connectivity index (χ1n) is 6.92. The topological polar surface area (TPSA) is 101 Å². The molecule has 0 aliphatic heterocycles. The summed E-state index contributed by atoms with van der Waals surface area (Å²) < 4.78 is 0. The third kappa shape index (κ3) is 3.46. The molecule has 0 atom stereocenters. The van der Waals surface area contributed by atoms with Crippen molar-refractivity contribution in [3.8, 4) is 11.5 Å². The first-order chi connectivity index (χ1) is 11.2. The number of nitrogens with one attached hydrogen (secondary N) is 2. The van der Waals surface area contributed by atoms with Crippen molar-refractivity contribution in [2.45, 2.75) is 6.54 Å². The third-order valence-electron chi connectivity index (χ3n) is 3.15. The van der Waals surface area contributed by atoms with Crippen LogP contribution in [0.1, 0.15) is 15.9 Å².